The van der Waals surface area contributed by atoms with E-state index in [-0.39, 0.29) is 29.7 Å². The van der Waals surface area contributed by atoms with Gasteiger partial charge in [-0.25, -0.2) is 13.8 Å². The van der Waals surface area contributed by atoms with Crippen LogP contribution in [0.5, 0.6) is 0 Å². The minimum absolute atomic E-state index is 0.0343. The Morgan fingerprint density at radius 1 is 1.33 bits per heavy atom. The highest BCUT2D eigenvalue weighted by molar-refractivity contribution is 7.22. The molecule has 0 spiro atoms. The van der Waals surface area contributed by atoms with Crippen LogP contribution in [0, 0.1) is 17.7 Å². The van der Waals surface area contributed by atoms with Crippen molar-refractivity contribution in [3.63, 3.8) is 0 Å². The van der Waals surface area contributed by atoms with E-state index in [9.17, 15) is 14.0 Å². The van der Waals surface area contributed by atoms with Crippen LogP contribution in [0.25, 0.3) is 32.2 Å². The van der Waals surface area contributed by atoms with Crippen LogP contribution >= 0.6 is 22.9 Å². The first-order valence-electron chi connectivity index (χ1n) is 11.5. The fraction of sp³-hybridized carbons (Fsp3) is 0.333. The molecule has 12 heteroatoms. The van der Waals surface area contributed by atoms with E-state index in [2.05, 4.69) is 20.5 Å². The maximum Gasteiger partial charge on any atom is 0.303 e. The third-order valence-electron chi connectivity index (χ3n) is 6.76. The highest BCUT2D eigenvalue weighted by Crippen LogP contribution is 2.45. The zero-order valence-electron chi connectivity index (χ0n) is 18.7. The van der Waals surface area contributed by atoms with Crippen molar-refractivity contribution in [1.29, 1.82) is 0 Å². The Balaban J connectivity index is 1.32. The number of H-pyrrole nitrogens is 1. The summed E-state index contributed by atoms with van der Waals surface area (Å²) >= 11 is 7.84. The number of fused-ring (bicyclic) bond motifs is 2. The Bertz CT molecular complexity index is 1530. The minimum Gasteiger partial charge on any atom is -0.481 e. The first kappa shape index (κ1) is 23.1. The van der Waals surface area contributed by atoms with Gasteiger partial charge in [0, 0.05) is 30.5 Å². The summed E-state index contributed by atoms with van der Waals surface area (Å²) in [7, 11) is 0. The van der Waals surface area contributed by atoms with Gasteiger partial charge in [-0.15, -0.1) is 0 Å². The average molecular weight is 532 g/mol. The number of aromatic nitrogens is 3. The lowest BCUT2D eigenvalue weighted by atomic mass is 9.92. The van der Waals surface area contributed by atoms with Crippen molar-refractivity contribution in [3.8, 4) is 11.1 Å². The van der Waals surface area contributed by atoms with Crippen LogP contribution in [0.1, 0.15) is 19.3 Å². The van der Waals surface area contributed by atoms with E-state index in [1.54, 1.807) is 18.3 Å². The van der Waals surface area contributed by atoms with Gasteiger partial charge in [0.25, 0.3) is 0 Å². The number of aliphatic carboxylic acids is 1. The highest BCUT2D eigenvalue weighted by Gasteiger charge is 2.44. The van der Waals surface area contributed by atoms with Gasteiger partial charge < -0.3 is 15.3 Å². The summed E-state index contributed by atoms with van der Waals surface area (Å²) in [5, 5.41) is 19.6. The lowest BCUT2D eigenvalue weighted by molar-refractivity contribution is -0.137. The molecule has 8 nitrogen and oxygen atoms in total. The SMILES string of the molecule is O=C(O)CCC1CN(c2c(F)c(Cl)c(-c3ccc4nc(NC(=O)[C@@H]5C[C@@H]5F)sc4c3)c3cn[nH]c23)C1. The number of hydrogen-bond donors (Lipinski definition) is 3. The van der Waals surface area contributed by atoms with Crippen molar-refractivity contribution in [3.05, 3.63) is 35.2 Å². The molecule has 1 amide bonds. The maximum absolute atomic E-state index is 15.6. The van der Waals surface area contributed by atoms with Gasteiger partial charge in [-0.3, -0.25) is 14.7 Å². The number of rotatable bonds is 7. The Morgan fingerprint density at radius 3 is 2.83 bits per heavy atom. The molecule has 3 heterocycles. The molecule has 2 aliphatic rings. The number of anilines is 2. The zero-order valence-corrected chi connectivity index (χ0v) is 20.3. The molecule has 1 aliphatic heterocycles. The van der Waals surface area contributed by atoms with E-state index in [1.807, 2.05) is 11.0 Å². The molecule has 6 rings (SSSR count). The molecule has 2 atom stereocenters. The molecule has 3 N–H and O–H groups in total. The highest BCUT2D eigenvalue weighted by atomic mass is 35.5. The first-order valence-corrected chi connectivity index (χ1v) is 12.7. The number of aromatic amines is 1. The van der Waals surface area contributed by atoms with Gasteiger partial charge in [0.1, 0.15) is 11.9 Å². The smallest absolute Gasteiger partial charge is 0.303 e. The summed E-state index contributed by atoms with van der Waals surface area (Å²) in [6.45, 7) is 1.08. The third-order valence-corrected chi connectivity index (χ3v) is 8.05. The van der Waals surface area contributed by atoms with Gasteiger partial charge in [0.15, 0.2) is 10.9 Å². The Hall–Kier alpha value is -3.31. The van der Waals surface area contributed by atoms with E-state index < -0.39 is 23.9 Å². The van der Waals surface area contributed by atoms with Crippen LogP contribution in [0.2, 0.25) is 5.02 Å². The number of hydrogen-bond acceptors (Lipinski definition) is 6. The van der Waals surface area contributed by atoms with Crippen LogP contribution in [0.15, 0.2) is 24.4 Å². The molecule has 2 fully saturated rings. The fourth-order valence-corrected chi connectivity index (χ4v) is 5.92. The molecular weight excluding hydrogens is 512 g/mol. The van der Waals surface area contributed by atoms with Crippen molar-refractivity contribution in [2.45, 2.75) is 25.4 Å². The number of amides is 1. The van der Waals surface area contributed by atoms with Crippen LogP contribution in [-0.2, 0) is 9.59 Å². The second-order valence-corrected chi connectivity index (χ2v) is 10.7. The van der Waals surface area contributed by atoms with Crippen molar-refractivity contribution in [2.75, 3.05) is 23.3 Å². The zero-order chi connectivity index (χ0) is 25.1. The predicted molar refractivity (Wildman–Crippen MR) is 134 cm³/mol. The van der Waals surface area contributed by atoms with Crippen LogP contribution < -0.4 is 10.2 Å². The molecule has 186 valence electrons. The lowest BCUT2D eigenvalue weighted by Gasteiger charge is -2.41. The topological polar surface area (TPSA) is 111 Å². The van der Waals surface area contributed by atoms with E-state index in [4.69, 9.17) is 16.7 Å². The molecule has 4 aromatic rings. The normalized spacial score (nSPS) is 19.6. The van der Waals surface area contributed by atoms with E-state index in [0.29, 0.717) is 57.9 Å². The van der Waals surface area contributed by atoms with Gasteiger partial charge in [-0.1, -0.05) is 29.0 Å². The number of carbonyl (C=O) groups is 2. The standard InChI is InChI=1S/C24H20ClF2N5O3S/c25-19-18(11-2-3-15-16(5-11)36-24(29-15)30-23(35)12-6-14(12)26)13-7-28-31-21(13)22(20(19)27)32-8-10(9-32)1-4-17(33)34/h2-3,5,7,10,12,14H,1,4,6,8-9H2,(H,28,31)(H,33,34)(H,29,30,35)/t12-,14+/m1/s1. The van der Waals surface area contributed by atoms with Gasteiger partial charge in [0.2, 0.25) is 5.91 Å². The molecule has 1 aliphatic carbocycles. The number of nitrogens with zero attached hydrogens (tertiary/aromatic N) is 3. The van der Waals surface area contributed by atoms with Crippen molar-refractivity contribution >= 4 is 66.8 Å². The van der Waals surface area contributed by atoms with E-state index >= 15 is 4.39 Å². The molecule has 2 aromatic heterocycles. The number of halogens is 3. The van der Waals surface area contributed by atoms with Gasteiger partial charge in [-0.05, 0) is 36.5 Å². The van der Waals surface area contributed by atoms with Crippen molar-refractivity contribution in [1.82, 2.24) is 15.2 Å². The summed E-state index contributed by atoms with van der Waals surface area (Å²) in [5.74, 6) is -2.22. The van der Waals surface area contributed by atoms with Crippen LogP contribution in [-0.4, -0.2) is 51.4 Å². The monoisotopic (exact) mass is 531 g/mol. The number of carbonyl (C=O) groups excluding carboxylic acids is 1. The Labute approximate surface area is 212 Å². The number of thiazole rings is 1. The van der Waals surface area contributed by atoms with E-state index in [0.717, 1.165) is 4.70 Å². The largest absolute Gasteiger partial charge is 0.481 e. The second kappa shape index (κ2) is 8.67. The average Bonchev–Trinajstić information content (AvgIpc) is 3.17. The number of nitrogens with one attached hydrogen (secondary N) is 2. The van der Waals surface area contributed by atoms with Crippen molar-refractivity contribution < 1.29 is 23.5 Å². The second-order valence-electron chi connectivity index (χ2n) is 9.26. The molecule has 2 aromatic carbocycles. The van der Waals surface area contributed by atoms with Crippen LogP contribution in [0.3, 0.4) is 0 Å². The molecular formula is C24H20ClF2N5O3S. The third kappa shape index (κ3) is 3.96. The van der Waals surface area contributed by atoms with Crippen LogP contribution in [0.4, 0.5) is 19.6 Å². The van der Waals surface area contributed by atoms with E-state index in [1.165, 1.54) is 11.3 Å². The number of benzene rings is 2. The molecule has 36 heavy (non-hydrogen) atoms. The van der Waals surface area contributed by atoms with Gasteiger partial charge in [0.05, 0.1) is 32.9 Å². The molecule has 1 saturated carbocycles. The maximum atomic E-state index is 15.6. The molecule has 0 bridgehead atoms. The lowest BCUT2D eigenvalue weighted by Crippen LogP contribution is -2.47. The Kier molecular flexibility index (Phi) is 5.56. The summed E-state index contributed by atoms with van der Waals surface area (Å²) in [6, 6.07) is 5.38. The summed E-state index contributed by atoms with van der Waals surface area (Å²) < 4.78 is 29.6. The summed E-state index contributed by atoms with van der Waals surface area (Å²) in [5.41, 5.74) is 2.66. The number of alkyl halides is 1. The Morgan fingerprint density at radius 2 is 2.11 bits per heavy atom. The molecule has 0 radical (unpaired) electrons. The predicted octanol–water partition coefficient (Wildman–Crippen LogP) is 5.23. The first-order chi connectivity index (χ1) is 17.3. The molecule has 1 saturated heterocycles. The fourth-order valence-electron chi connectivity index (χ4n) is 4.71. The minimum atomic E-state index is -1.09. The van der Waals surface area contributed by atoms with Gasteiger partial charge in [-0.2, -0.15) is 5.10 Å². The summed E-state index contributed by atoms with van der Waals surface area (Å²) in [6.07, 6.45) is 1.38. The number of carboxylic acids is 1. The van der Waals surface area contributed by atoms with Gasteiger partial charge >= 0.3 is 5.97 Å². The van der Waals surface area contributed by atoms with Crippen molar-refractivity contribution in [2.24, 2.45) is 11.8 Å². The summed E-state index contributed by atoms with van der Waals surface area (Å²) in [4.78, 5) is 29.2. The number of carboxylic acid groups (broad SMARTS) is 1. The molecule has 0 unspecified atom stereocenters. The quantitative estimate of drug-likeness (QED) is 0.301.